The summed E-state index contributed by atoms with van der Waals surface area (Å²) in [5.41, 5.74) is 0. The number of methoxy groups -OCH3 is 1. The molecular formula is C7H9NO3. The van der Waals surface area contributed by atoms with E-state index in [0.29, 0.717) is 0 Å². The molecule has 0 fully saturated rings. The van der Waals surface area contributed by atoms with E-state index < -0.39 is 11.9 Å². The van der Waals surface area contributed by atoms with Crippen molar-refractivity contribution in [2.75, 3.05) is 13.7 Å². The van der Waals surface area contributed by atoms with Gasteiger partial charge in [-0.25, -0.2) is 0 Å². The van der Waals surface area contributed by atoms with Crippen molar-refractivity contribution < 1.29 is 14.3 Å². The molecule has 0 aliphatic rings. The molecule has 1 amide bonds. The van der Waals surface area contributed by atoms with Crippen molar-refractivity contribution in [3.8, 4) is 12.3 Å². The van der Waals surface area contributed by atoms with Gasteiger partial charge in [0.15, 0.2) is 0 Å². The van der Waals surface area contributed by atoms with Crippen molar-refractivity contribution >= 4 is 11.9 Å². The fourth-order valence-corrected chi connectivity index (χ4v) is 0.415. The van der Waals surface area contributed by atoms with Crippen LogP contribution in [0.2, 0.25) is 0 Å². The Labute approximate surface area is 64.9 Å². The van der Waals surface area contributed by atoms with Gasteiger partial charge in [0.25, 0.3) is 0 Å². The lowest BCUT2D eigenvalue weighted by Crippen LogP contribution is -2.26. The minimum absolute atomic E-state index is 0.135. The van der Waals surface area contributed by atoms with Gasteiger partial charge in [-0.2, -0.15) is 0 Å². The highest BCUT2D eigenvalue weighted by atomic mass is 16.5. The number of esters is 1. The zero-order chi connectivity index (χ0) is 8.69. The summed E-state index contributed by atoms with van der Waals surface area (Å²) in [4.78, 5) is 21.1. The lowest BCUT2D eigenvalue weighted by molar-refractivity contribution is -0.143. The van der Waals surface area contributed by atoms with E-state index in [1.807, 2.05) is 0 Å². The van der Waals surface area contributed by atoms with E-state index >= 15 is 0 Å². The van der Waals surface area contributed by atoms with Gasteiger partial charge in [0.05, 0.1) is 13.7 Å². The molecular weight excluding hydrogens is 146 g/mol. The average molecular weight is 155 g/mol. The number of ether oxygens (including phenoxy) is 1. The van der Waals surface area contributed by atoms with Crippen molar-refractivity contribution in [3.05, 3.63) is 0 Å². The monoisotopic (exact) mass is 155 g/mol. The van der Waals surface area contributed by atoms with Crippen LogP contribution in [0.5, 0.6) is 0 Å². The Morgan fingerprint density at radius 2 is 2.27 bits per heavy atom. The maximum Gasteiger partial charge on any atom is 0.315 e. The molecule has 0 heterocycles. The molecule has 11 heavy (non-hydrogen) atoms. The molecule has 0 unspecified atom stereocenters. The number of nitrogens with one attached hydrogen (secondary N) is 1. The third kappa shape index (κ3) is 4.97. The maximum absolute atomic E-state index is 10.7. The van der Waals surface area contributed by atoms with Gasteiger partial charge >= 0.3 is 5.97 Å². The fraction of sp³-hybridized carbons (Fsp3) is 0.429. The molecule has 0 bridgehead atoms. The molecule has 0 aromatic heterocycles. The van der Waals surface area contributed by atoms with Crippen LogP contribution >= 0.6 is 0 Å². The van der Waals surface area contributed by atoms with Crippen molar-refractivity contribution in [2.24, 2.45) is 0 Å². The molecule has 1 N–H and O–H groups in total. The first-order chi connectivity index (χ1) is 5.20. The number of carbonyl (C=O) groups is 2. The second-order valence-electron chi connectivity index (χ2n) is 1.73. The summed E-state index contributed by atoms with van der Waals surface area (Å²) in [5, 5.41) is 2.32. The highest BCUT2D eigenvalue weighted by molar-refractivity contribution is 5.94. The summed E-state index contributed by atoms with van der Waals surface area (Å²) in [6.07, 6.45) is 4.58. The molecule has 0 aliphatic carbocycles. The van der Waals surface area contributed by atoms with Crippen molar-refractivity contribution in [2.45, 2.75) is 6.42 Å². The molecule has 0 radical (unpaired) electrons. The maximum atomic E-state index is 10.7. The van der Waals surface area contributed by atoms with Gasteiger partial charge in [0.1, 0.15) is 6.42 Å². The van der Waals surface area contributed by atoms with E-state index in [2.05, 4.69) is 16.0 Å². The summed E-state index contributed by atoms with van der Waals surface area (Å²) in [5.74, 6) is 1.21. The Kier molecular flexibility index (Phi) is 4.58. The Balaban J connectivity index is 3.54. The van der Waals surface area contributed by atoms with Crippen LogP contribution in [0.1, 0.15) is 6.42 Å². The Morgan fingerprint density at radius 3 is 2.73 bits per heavy atom. The summed E-state index contributed by atoms with van der Waals surface area (Å²) >= 11 is 0. The first-order valence-corrected chi connectivity index (χ1v) is 2.97. The predicted octanol–water partition coefficient (Wildman–Crippen LogP) is -0.701. The molecule has 0 aromatic rings. The number of carbonyl (C=O) groups excluding carboxylic acids is 2. The van der Waals surface area contributed by atoms with Crippen LogP contribution in [0.4, 0.5) is 0 Å². The molecule has 0 rings (SSSR count). The summed E-state index contributed by atoms with van der Waals surface area (Å²) in [6, 6.07) is 0. The van der Waals surface area contributed by atoms with E-state index in [4.69, 9.17) is 6.42 Å². The molecule has 0 saturated carbocycles. The standard InChI is InChI=1S/C7H9NO3/c1-3-4-8-6(9)5-7(10)11-2/h1H,4-5H2,2H3,(H,8,9). The lowest BCUT2D eigenvalue weighted by atomic mass is 10.4. The zero-order valence-corrected chi connectivity index (χ0v) is 6.22. The van der Waals surface area contributed by atoms with Crippen molar-refractivity contribution in [1.82, 2.24) is 5.32 Å². The minimum atomic E-state index is -0.570. The Hall–Kier alpha value is -1.50. The van der Waals surface area contributed by atoms with Crippen LogP contribution in [-0.4, -0.2) is 25.5 Å². The fourth-order valence-electron chi connectivity index (χ4n) is 0.415. The molecule has 4 heteroatoms. The molecule has 60 valence electrons. The second kappa shape index (κ2) is 5.30. The van der Waals surface area contributed by atoms with Crippen LogP contribution in [-0.2, 0) is 14.3 Å². The first-order valence-electron chi connectivity index (χ1n) is 2.97. The van der Waals surface area contributed by atoms with Crippen LogP contribution in [0.3, 0.4) is 0 Å². The normalized spacial score (nSPS) is 8.00. The third-order valence-electron chi connectivity index (χ3n) is 0.920. The van der Waals surface area contributed by atoms with E-state index in [-0.39, 0.29) is 13.0 Å². The van der Waals surface area contributed by atoms with Crippen molar-refractivity contribution in [3.63, 3.8) is 0 Å². The van der Waals surface area contributed by atoms with E-state index in [1.165, 1.54) is 7.11 Å². The quantitative estimate of drug-likeness (QED) is 0.333. The average Bonchev–Trinajstić information content (AvgIpc) is 2.00. The van der Waals surface area contributed by atoms with Crippen LogP contribution in [0.15, 0.2) is 0 Å². The van der Waals surface area contributed by atoms with Gasteiger partial charge in [-0.1, -0.05) is 5.92 Å². The molecule has 4 nitrogen and oxygen atoms in total. The van der Waals surface area contributed by atoms with Crippen LogP contribution < -0.4 is 5.32 Å². The summed E-state index contributed by atoms with van der Waals surface area (Å²) in [7, 11) is 1.22. The Morgan fingerprint density at radius 1 is 1.64 bits per heavy atom. The number of hydrogen-bond acceptors (Lipinski definition) is 3. The predicted molar refractivity (Wildman–Crippen MR) is 38.5 cm³/mol. The van der Waals surface area contributed by atoms with Gasteiger partial charge in [0.2, 0.25) is 5.91 Å². The van der Waals surface area contributed by atoms with Gasteiger partial charge in [-0.3, -0.25) is 9.59 Å². The largest absolute Gasteiger partial charge is 0.469 e. The molecule has 0 aromatic carbocycles. The second-order valence-corrected chi connectivity index (χ2v) is 1.73. The van der Waals surface area contributed by atoms with Crippen molar-refractivity contribution in [1.29, 1.82) is 0 Å². The molecule has 0 spiro atoms. The highest BCUT2D eigenvalue weighted by Crippen LogP contribution is 1.82. The number of terminal acetylenes is 1. The SMILES string of the molecule is C#CCNC(=O)CC(=O)OC. The topological polar surface area (TPSA) is 55.4 Å². The van der Waals surface area contributed by atoms with E-state index in [0.717, 1.165) is 0 Å². The lowest BCUT2D eigenvalue weighted by Gasteiger charge is -1.98. The Bertz CT molecular complexity index is 192. The molecule has 0 atom stereocenters. The molecule has 0 aliphatic heterocycles. The van der Waals surface area contributed by atoms with Gasteiger partial charge in [-0.05, 0) is 0 Å². The summed E-state index contributed by atoms with van der Waals surface area (Å²) in [6.45, 7) is 0.135. The third-order valence-corrected chi connectivity index (χ3v) is 0.920. The summed E-state index contributed by atoms with van der Waals surface area (Å²) < 4.78 is 4.25. The minimum Gasteiger partial charge on any atom is -0.469 e. The number of rotatable bonds is 3. The number of hydrogen-bond donors (Lipinski definition) is 1. The van der Waals surface area contributed by atoms with Gasteiger partial charge < -0.3 is 10.1 Å². The van der Waals surface area contributed by atoms with Gasteiger partial charge in [-0.15, -0.1) is 6.42 Å². The molecule has 0 saturated heterocycles. The van der Waals surface area contributed by atoms with Gasteiger partial charge in [0, 0.05) is 0 Å². The first kappa shape index (κ1) is 9.50. The van der Waals surface area contributed by atoms with E-state index in [1.54, 1.807) is 0 Å². The van der Waals surface area contributed by atoms with E-state index in [9.17, 15) is 9.59 Å². The number of amides is 1. The smallest absolute Gasteiger partial charge is 0.315 e. The zero-order valence-electron chi connectivity index (χ0n) is 6.22. The van der Waals surface area contributed by atoms with Crippen LogP contribution in [0, 0.1) is 12.3 Å². The highest BCUT2D eigenvalue weighted by Gasteiger charge is 2.06. The van der Waals surface area contributed by atoms with Crippen LogP contribution in [0.25, 0.3) is 0 Å².